The summed E-state index contributed by atoms with van der Waals surface area (Å²) in [5.74, 6) is 0.298. The van der Waals surface area contributed by atoms with Gasteiger partial charge in [-0.3, -0.25) is 0 Å². The van der Waals surface area contributed by atoms with Gasteiger partial charge in [0.15, 0.2) is 0 Å². The van der Waals surface area contributed by atoms with Gasteiger partial charge in [0, 0.05) is 18.8 Å². The Balaban J connectivity index is 1.86. The number of phenols is 1. The van der Waals surface area contributed by atoms with E-state index in [1.807, 2.05) is 19.1 Å². The van der Waals surface area contributed by atoms with E-state index in [0.29, 0.717) is 5.75 Å². The molecule has 2 aromatic carbocycles. The first-order valence-electron chi connectivity index (χ1n) is 7.39. The highest BCUT2D eigenvalue weighted by molar-refractivity contribution is 5.45. The molecule has 0 heterocycles. The highest BCUT2D eigenvalue weighted by Gasteiger charge is 2.03. The lowest BCUT2D eigenvalue weighted by Gasteiger charge is -2.12. The molecule has 0 aliphatic carbocycles. The first-order chi connectivity index (χ1) is 10.2. The minimum absolute atomic E-state index is 0.255. The SMILES string of the molecule is CCOC(C)Cc1ccc(NCc2ccc(O)cc2)cc1. The highest BCUT2D eigenvalue weighted by atomic mass is 16.5. The molecule has 1 atom stereocenters. The minimum atomic E-state index is 0.255. The van der Waals surface area contributed by atoms with Crippen LogP contribution >= 0.6 is 0 Å². The standard InChI is InChI=1S/C18H23NO2/c1-3-21-14(2)12-15-4-8-17(9-5-15)19-13-16-6-10-18(20)11-7-16/h4-11,14,19-20H,3,12-13H2,1-2H3. The summed E-state index contributed by atoms with van der Waals surface area (Å²) in [5, 5.41) is 12.6. The topological polar surface area (TPSA) is 41.5 Å². The van der Waals surface area contributed by atoms with E-state index in [0.717, 1.165) is 30.8 Å². The molecule has 0 bridgehead atoms. The van der Waals surface area contributed by atoms with E-state index in [1.165, 1.54) is 5.56 Å². The summed E-state index contributed by atoms with van der Waals surface area (Å²) >= 11 is 0. The fraction of sp³-hybridized carbons (Fsp3) is 0.333. The molecule has 0 aliphatic heterocycles. The maximum atomic E-state index is 9.25. The summed E-state index contributed by atoms with van der Waals surface area (Å²) in [4.78, 5) is 0. The van der Waals surface area contributed by atoms with Crippen LogP contribution in [0.2, 0.25) is 0 Å². The zero-order valence-corrected chi connectivity index (χ0v) is 12.7. The molecular formula is C18H23NO2. The van der Waals surface area contributed by atoms with E-state index in [9.17, 15) is 5.11 Å². The third-order valence-corrected chi connectivity index (χ3v) is 3.36. The highest BCUT2D eigenvalue weighted by Crippen LogP contribution is 2.15. The molecule has 0 spiro atoms. The van der Waals surface area contributed by atoms with Crippen LogP contribution in [0.1, 0.15) is 25.0 Å². The number of hydrogen-bond acceptors (Lipinski definition) is 3. The first kappa shape index (κ1) is 15.4. The number of phenolic OH excluding ortho intramolecular Hbond substituents is 1. The van der Waals surface area contributed by atoms with Crippen molar-refractivity contribution in [2.45, 2.75) is 32.9 Å². The molecule has 0 saturated heterocycles. The van der Waals surface area contributed by atoms with Crippen molar-refractivity contribution in [2.75, 3.05) is 11.9 Å². The van der Waals surface area contributed by atoms with Crippen LogP contribution in [-0.4, -0.2) is 17.8 Å². The number of ether oxygens (including phenoxy) is 1. The fourth-order valence-corrected chi connectivity index (χ4v) is 2.25. The number of hydrogen-bond donors (Lipinski definition) is 2. The second-order valence-electron chi connectivity index (χ2n) is 5.19. The molecule has 0 aromatic heterocycles. The molecule has 112 valence electrons. The Bertz CT molecular complexity index is 534. The molecule has 0 amide bonds. The average Bonchev–Trinajstić information content (AvgIpc) is 2.48. The average molecular weight is 285 g/mol. The van der Waals surface area contributed by atoms with E-state index in [-0.39, 0.29) is 6.10 Å². The lowest BCUT2D eigenvalue weighted by molar-refractivity contribution is 0.0768. The Morgan fingerprint density at radius 1 is 1.00 bits per heavy atom. The Morgan fingerprint density at radius 2 is 1.62 bits per heavy atom. The maximum Gasteiger partial charge on any atom is 0.115 e. The van der Waals surface area contributed by atoms with Gasteiger partial charge in [-0.15, -0.1) is 0 Å². The normalized spacial score (nSPS) is 12.1. The van der Waals surface area contributed by atoms with Gasteiger partial charge in [0.05, 0.1) is 6.10 Å². The molecule has 3 nitrogen and oxygen atoms in total. The molecule has 3 heteroatoms. The molecule has 0 radical (unpaired) electrons. The van der Waals surface area contributed by atoms with Gasteiger partial charge in [0.25, 0.3) is 0 Å². The zero-order valence-electron chi connectivity index (χ0n) is 12.7. The second kappa shape index (κ2) is 7.70. The predicted octanol–water partition coefficient (Wildman–Crippen LogP) is 3.97. The molecule has 2 N–H and O–H groups in total. The van der Waals surface area contributed by atoms with Crippen molar-refractivity contribution < 1.29 is 9.84 Å². The molecule has 21 heavy (non-hydrogen) atoms. The number of nitrogens with one attached hydrogen (secondary N) is 1. The van der Waals surface area contributed by atoms with Crippen molar-refractivity contribution in [3.05, 3.63) is 59.7 Å². The smallest absolute Gasteiger partial charge is 0.115 e. The number of rotatable bonds is 7. The Hall–Kier alpha value is -2.00. The van der Waals surface area contributed by atoms with Crippen molar-refractivity contribution >= 4 is 5.69 Å². The van der Waals surface area contributed by atoms with E-state index < -0.39 is 0 Å². The van der Waals surface area contributed by atoms with Crippen LogP contribution in [0.15, 0.2) is 48.5 Å². The van der Waals surface area contributed by atoms with Gasteiger partial charge in [0.2, 0.25) is 0 Å². The largest absolute Gasteiger partial charge is 0.508 e. The fourth-order valence-electron chi connectivity index (χ4n) is 2.25. The van der Waals surface area contributed by atoms with Gasteiger partial charge < -0.3 is 15.2 Å². The molecule has 2 aromatic rings. The van der Waals surface area contributed by atoms with E-state index >= 15 is 0 Å². The molecule has 0 saturated carbocycles. The van der Waals surface area contributed by atoms with Crippen molar-refractivity contribution in [1.82, 2.24) is 0 Å². The van der Waals surface area contributed by atoms with Crippen LogP contribution in [-0.2, 0) is 17.7 Å². The monoisotopic (exact) mass is 285 g/mol. The lowest BCUT2D eigenvalue weighted by atomic mass is 10.1. The molecule has 1 unspecified atom stereocenters. The number of aromatic hydroxyl groups is 1. The summed E-state index contributed by atoms with van der Waals surface area (Å²) in [6.45, 7) is 5.62. The van der Waals surface area contributed by atoms with Crippen molar-refractivity contribution in [3.8, 4) is 5.75 Å². The Morgan fingerprint density at radius 3 is 2.24 bits per heavy atom. The summed E-state index contributed by atoms with van der Waals surface area (Å²) in [6.07, 6.45) is 1.19. The molecule has 2 rings (SSSR count). The van der Waals surface area contributed by atoms with Crippen LogP contribution in [0.25, 0.3) is 0 Å². The van der Waals surface area contributed by atoms with Gasteiger partial charge in [-0.05, 0) is 55.7 Å². The molecule has 0 fully saturated rings. The Kier molecular flexibility index (Phi) is 5.64. The van der Waals surface area contributed by atoms with E-state index in [1.54, 1.807) is 12.1 Å². The quantitative estimate of drug-likeness (QED) is 0.808. The predicted molar refractivity (Wildman–Crippen MR) is 86.7 cm³/mol. The van der Waals surface area contributed by atoms with Crippen LogP contribution in [0.4, 0.5) is 5.69 Å². The van der Waals surface area contributed by atoms with Crippen molar-refractivity contribution in [3.63, 3.8) is 0 Å². The second-order valence-corrected chi connectivity index (χ2v) is 5.19. The van der Waals surface area contributed by atoms with Gasteiger partial charge in [0.1, 0.15) is 5.75 Å². The summed E-state index contributed by atoms with van der Waals surface area (Å²) in [6, 6.07) is 15.7. The first-order valence-corrected chi connectivity index (χ1v) is 7.39. The van der Waals surface area contributed by atoms with Crippen LogP contribution in [0.3, 0.4) is 0 Å². The molecule has 0 aliphatic rings. The van der Waals surface area contributed by atoms with Crippen molar-refractivity contribution in [1.29, 1.82) is 0 Å². The minimum Gasteiger partial charge on any atom is -0.508 e. The maximum absolute atomic E-state index is 9.25. The van der Waals surface area contributed by atoms with Crippen LogP contribution in [0.5, 0.6) is 5.75 Å². The Labute approximate surface area is 126 Å². The lowest BCUT2D eigenvalue weighted by Crippen LogP contribution is -2.11. The van der Waals surface area contributed by atoms with Gasteiger partial charge >= 0.3 is 0 Å². The van der Waals surface area contributed by atoms with Gasteiger partial charge in [-0.2, -0.15) is 0 Å². The summed E-state index contributed by atoms with van der Waals surface area (Å²) in [7, 11) is 0. The summed E-state index contributed by atoms with van der Waals surface area (Å²) < 4.78 is 5.55. The van der Waals surface area contributed by atoms with Crippen LogP contribution < -0.4 is 5.32 Å². The zero-order chi connectivity index (χ0) is 15.1. The van der Waals surface area contributed by atoms with Gasteiger partial charge in [-0.1, -0.05) is 24.3 Å². The number of anilines is 1. The number of benzene rings is 2. The van der Waals surface area contributed by atoms with E-state index in [4.69, 9.17) is 4.74 Å². The van der Waals surface area contributed by atoms with Gasteiger partial charge in [-0.25, -0.2) is 0 Å². The van der Waals surface area contributed by atoms with E-state index in [2.05, 4.69) is 36.5 Å². The third kappa shape index (κ3) is 5.12. The summed E-state index contributed by atoms with van der Waals surface area (Å²) in [5.41, 5.74) is 3.52. The van der Waals surface area contributed by atoms with Crippen molar-refractivity contribution in [2.24, 2.45) is 0 Å². The third-order valence-electron chi connectivity index (χ3n) is 3.36. The molecular weight excluding hydrogens is 262 g/mol. The van der Waals surface area contributed by atoms with Crippen LogP contribution in [0, 0.1) is 0 Å².